The van der Waals surface area contributed by atoms with Crippen LogP contribution in [-0.2, 0) is 65.8 Å². The first-order valence-corrected chi connectivity index (χ1v) is 59.3. The molecule has 0 aromatic rings. The molecule has 0 heterocycles. The van der Waals surface area contributed by atoms with Gasteiger partial charge in [0, 0.05) is 78.5 Å². The summed E-state index contributed by atoms with van der Waals surface area (Å²) in [5, 5.41) is 58.8. The Hall–Kier alpha value is -1.27. The number of aliphatic hydroxyl groups is 4. The van der Waals surface area contributed by atoms with Crippen molar-refractivity contribution in [1.29, 1.82) is 0 Å². The molecule has 28 heteroatoms. The molecule has 643 valence electrons. The number of halogens is 4. The first-order valence-electron chi connectivity index (χ1n) is 42.0. The number of aliphatic carboxylic acids is 2. The molecule has 24 aliphatic carbocycles. The Bertz CT molecular complexity index is 3250. The second kappa shape index (κ2) is 37.4. The minimum Gasteiger partial charge on any atom is -0.545 e. The number of carboxylic acids is 2. The van der Waals surface area contributed by atoms with E-state index in [0.29, 0.717) is 95.1 Å². The molecule has 0 aromatic heterocycles. The van der Waals surface area contributed by atoms with E-state index in [4.69, 9.17) is 28.2 Å². The Morgan fingerprint density at radius 1 is 0.398 bits per heavy atom. The molecule has 20 nitrogen and oxygen atoms in total. The fraction of sp³-hybridized carbons (Fsp3) is 0.882. The fourth-order valence-corrected chi connectivity index (χ4v) is 32.0. The van der Waals surface area contributed by atoms with Crippen LogP contribution in [0.4, 0.5) is 0 Å². The molecule has 113 heavy (non-hydrogen) atoms. The minimum atomic E-state index is -1.65. The number of carboxylic acid groups (broad SMARTS) is 2. The topological polar surface area (TPSA) is 313 Å². The molecule has 6 atom stereocenters. The van der Waals surface area contributed by atoms with Crippen LogP contribution >= 0.6 is 77.1 Å². The zero-order valence-corrected chi connectivity index (χ0v) is 80.2. The summed E-state index contributed by atoms with van der Waals surface area (Å²) in [4.78, 5) is 92.5. The fourth-order valence-electron chi connectivity index (χ4n) is 28.7. The van der Waals surface area contributed by atoms with Crippen molar-refractivity contribution in [2.45, 2.75) is 325 Å². The quantitative estimate of drug-likeness (QED) is 0.0159. The summed E-state index contributed by atoms with van der Waals surface area (Å²) in [6.07, 6.45) is 38.3. The number of ether oxygens (including phenoxy) is 3. The molecule has 24 bridgehead atoms. The predicted molar refractivity (Wildman–Crippen MR) is 474 cm³/mol. The number of Topliss-reactive ketones (excluding diaryl/α,β-unsaturated/α-hetero) is 3. The molecule has 0 spiro atoms. The summed E-state index contributed by atoms with van der Waals surface area (Å²) in [6, 6.07) is 0. The van der Waals surface area contributed by atoms with E-state index in [1.54, 1.807) is 25.5 Å². The minimum absolute atomic E-state index is 0. The molecule has 6 N–H and O–H groups in total. The van der Waals surface area contributed by atoms with Crippen LogP contribution in [0.2, 0.25) is 58.9 Å². The summed E-state index contributed by atoms with van der Waals surface area (Å²) >= 11 is 8.20. The lowest BCUT2D eigenvalue weighted by molar-refractivity contribution is -0.183. The molecule has 0 amide bonds. The SMILES string of the molecule is BrC12CC3CC(CC(C3)C1)C2.C.COC(=O)C(=O)C12CC3CC(CC(C3)C1)C2.COC(=O)C(=O)C12CC3CC(CC(O)(C3)C1)C2.COC(=O)C(O)C12CC3CC(CC(C3)C1)C2.C[Si](C)(C)OC=C(O[Si](C)(C)C)O[Si](C)(C)C.I.II.O=C(O)C(=O)C12CC3CC(CC(O)(C3)C1)C2.O=C(O)C(O)C12CC3CC(CC(C3)C1)C2.[2HH].[B]. The van der Waals surface area contributed by atoms with Crippen molar-refractivity contribution in [3.05, 3.63) is 12.2 Å². The van der Waals surface area contributed by atoms with Gasteiger partial charge in [-0.3, -0.25) is 14.4 Å². The number of carbonyl (C=O) groups is 8. The third-order valence-electron chi connectivity index (χ3n) is 29.8. The van der Waals surface area contributed by atoms with Crippen LogP contribution in [0.3, 0.4) is 0 Å². The number of rotatable bonds is 16. The predicted octanol–water partition coefficient (Wildman–Crippen LogP) is 17.9. The van der Waals surface area contributed by atoms with Gasteiger partial charge in [0.2, 0.25) is 42.3 Å². The molecule has 6 unspecified atom stereocenters. The Kier molecular flexibility index (Phi) is 32.2. The zero-order valence-electron chi connectivity index (χ0n) is 68.9. The van der Waals surface area contributed by atoms with Crippen LogP contribution in [-0.4, -0.2) is 160 Å². The molecule has 0 aliphatic heterocycles. The lowest BCUT2D eigenvalue weighted by Gasteiger charge is -2.59. The number of hydrogen-bond acceptors (Lipinski definition) is 18. The lowest BCUT2D eigenvalue weighted by atomic mass is 9.47. The van der Waals surface area contributed by atoms with E-state index in [1.165, 1.54) is 98.4 Å². The summed E-state index contributed by atoms with van der Waals surface area (Å²) in [5.74, 6) is 6.40. The maximum absolute atomic E-state index is 12.2. The highest BCUT2D eigenvalue weighted by Crippen LogP contribution is 2.67. The normalized spacial score (nSPS) is 41.4. The third-order valence-corrected chi connectivity index (χ3v) is 33.2. The lowest BCUT2D eigenvalue weighted by Crippen LogP contribution is -2.59. The maximum atomic E-state index is 12.2. The first-order chi connectivity index (χ1) is 51.3. The summed E-state index contributed by atoms with van der Waals surface area (Å²) < 4.78 is 32.1. The molecule has 24 saturated carbocycles. The first kappa shape index (κ1) is 97.2. The van der Waals surface area contributed by atoms with Gasteiger partial charge in [-0.25, -0.2) is 24.0 Å². The van der Waals surface area contributed by atoms with E-state index in [9.17, 15) is 58.8 Å². The van der Waals surface area contributed by atoms with Crippen molar-refractivity contribution >= 4 is 158 Å². The van der Waals surface area contributed by atoms with Crippen molar-refractivity contribution in [3.8, 4) is 0 Å². The van der Waals surface area contributed by atoms with Gasteiger partial charge in [0.15, 0.2) is 12.2 Å². The van der Waals surface area contributed by atoms with Gasteiger partial charge in [0.05, 0.1) is 32.5 Å². The van der Waals surface area contributed by atoms with Crippen molar-refractivity contribution < 1.29 is 97.9 Å². The largest absolute Gasteiger partial charge is 0.545 e. The zero-order chi connectivity index (χ0) is 80.5. The van der Waals surface area contributed by atoms with E-state index in [2.05, 4.69) is 122 Å². The molecule has 0 saturated heterocycles. The molecular weight excluding hydrogens is 1900 g/mol. The van der Waals surface area contributed by atoms with Gasteiger partial charge in [0.1, 0.15) is 6.26 Å². The highest BCUT2D eigenvalue weighted by molar-refractivity contribution is 15.0. The number of hydrogen-bond donors (Lipinski definition) is 6. The summed E-state index contributed by atoms with van der Waals surface area (Å²) in [5.41, 5.74) is -3.55. The van der Waals surface area contributed by atoms with Gasteiger partial charge < -0.3 is 58.1 Å². The van der Waals surface area contributed by atoms with Gasteiger partial charge in [-0.2, -0.15) is 0 Å². The highest BCUT2D eigenvalue weighted by atomic mass is 128. The Balaban J connectivity index is 0.000000183. The highest BCUT2D eigenvalue weighted by Gasteiger charge is 2.64. The van der Waals surface area contributed by atoms with Crippen molar-refractivity contribution in [1.82, 2.24) is 0 Å². The van der Waals surface area contributed by atoms with Gasteiger partial charge in [-0.1, -0.05) is 23.4 Å². The molecular formula is C85H140BBrI3O20Si3. The number of ketones is 3. The average Bonchev–Trinajstić information content (AvgIpc) is 0.728. The standard InChI is InChI=1S/C13H18O4.C13H20O3.C13H18O3.C12H16O4.C12H18O3.C11H28O3Si3.C10H15Br.CH4.B.I2.HI.H2/c1-17-11(15)10(14)12-3-8-2-9(4-12)6-13(16,5-8)7-12;2*1-16-12(15)11(14)13-5-8-2-9(6-13)4-10(3-8)7-13;13-9(10(14)15)11-2-7-1-8(3-11)5-12(16,4-7)6-11;13-10(11(14)15)12-4-7-1-8(5-12)3-9(2-7)6-12;1-15(2,3)12-10-11(13-16(4,5)6)14-17(7,8)9;11-10-4-7-1-8(5-10)3-9(2-7)6-10;;;1-2;;/h8-9,16H,2-7H2,1H3;8-11,14H,2-7H2,1H3;8-10H,2-7H2,1H3;7-8,16H,1-6H2,(H,14,15);7-10,13H,1-6H2,(H,14,15);10H,1-9H3;7-9H,1-6H2;1H4;;;2*1H/i;;;;;;;;;;;1+1. The number of aliphatic hydroxyl groups excluding tert-OH is 2. The average molecular weight is 2040 g/mol. The van der Waals surface area contributed by atoms with Gasteiger partial charge >= 0.3 is 29.8 Å². The number of alkyl halides is 1. The second-order valence-electron chi connectivity index (χ2n) is 42.8. The maximum Gasteiger partial charge on any atom is 0.374 e. The van der Waals surface area contributed by atoms with E-state index < -0.39 is 101 Å². The Labute approximate surface area is 729 Å². The van der Waals surface area contributed by atoms with Crippen LogP contribution in [0, 0.1) is 122 Å². The number of carbonyl (C=O) groups excluding carboxylic acids is 6. The summed E-state index contributed by atoms with van der Waals surface area (Å²) in [6.45, 7) is 19.3. The van der Waals surface area contributed by atoms with Crippen LogP contribution in [0.1, 0.15) is 240 Å². The molecule has 24 aliphatic rings. The van der Waals surface area contributed by atoms with E-state index >= 15 is 0 Å². The number of methoxy groups -OCH3 is 3. The smallest absolute Gasteiger partial charge is 0.374 e. The molecule has 0 aromatic carbocycles. The van der Waals surface area contributed by atoms with Gasteiger partial charge in [0.25, 0.3) is 5.95 Å². The van der Waals surface area contributed by atoms with Crippen molar-refractivity contribution in [2.75, 3.05) is 21.3 Å². The van der Waals surface area contributed by atoms with E-state index in [1.807, 2.05) is 0 Å². The van der Waals surface area contributed by atoms with Crippen LogP contribution in [0.15, 0.2) is 12.2 Å². The Morgan fingerprint density at radius 2 is 0.655 bits per heavy atom. The van der Waals surface area contributed by atoms with Crippen LogP contribution in [0.25, 0.3) is 0 Å². The molecule has 24 fully saturated rings. The van der Waals surface area contributed by atoms with Crippen molar-refractivity contribution in [3.63, 3.8) is 0 Å². The van der Waals surface area contributed by atoms with Gasteiger partial charge in [-0.15, -0.1) is 24.0 Å². The van der Waals surface area contributed by atoms with E-state index in [0.717, 1.165) is 145 Å². The van der Waals surface area contributed by atoms with E-state index in [-0.39, 0.29) is 63.3 Å². The van der Waals surface area contributed by atoms with Crippen molar-refractivity contribution in [2.24, 2.45) is 122 Å². The summed E-state index contributed by atoms with van der Waals surface area (Å²) in [7, 11) is -0.961. The molecule has 24 rings (SSSR count). The van der Waals surface area contributed by atoms with Crippen LogP contribution in [0.5, 0.6) is 0 Å². The Morgan fingerprint density at radius 3 is 0.903 bits per heavy atom. The second-order valence-corrected chi connectivity index (χ2v) is 57.8. The number of esters is 3. The molecule has 3 radical (unpaired) electrons. The van der Waals surface area contributed by atoms with Gasteiger partial charge in [-0.05, 0) is 385 Å². The van der Waals surface area contributed by atoms with Crippen LogP contribution < -0.4 is 0 Å². The third kappa shape index (κ3) is 23.0. The monoisotopic (exact) mass is 2040 g/mol.